The molecule has 6 nitrogen and oxygen atoms in total. The van der Waals surface area contributed by atoms with Gasteiger partial charge in [-0.3, -0.25) is 9.36 Å². The average molecular weight is 375 g/mol. The van der Waals surface area contributed by atoms with Crippen LogP contribution in [0, 0.1) is 5.82 Å². The van der Waals surface area contributed by atoms with Crippen molar-refractivity contribution in [1.29, 1.82) is 0 Å². The highest BCUT2D eigenvalue weighted by Gasteiger charge is 2.17. The van der Waals surface area contributed by atoms with Crippen LogP contribution in [0.3, 0.4) is 0 Å². The predicted octanol–water partition coefficient (Wildman–Crippen LogP) is 3.61. The standard InChI is InChI=1S/C18H16ClFN4O2/c1-10(21-18(26)23-14-6-4-3-5-13(14)20)16-22-15-9-11(19)7-8-12(15)17(25)24(16)2/h3-10H,1-2H3,(H2,21,23,26). The molecule has 3 rings (SSSR count). The first-order chi connectivity index (χ1) is 12.4. The lowest BCUT2D eigenvalue weighted by atomic mass is 10.2. The summed E-state index contributed by atoms with van der Waals surface area (Å²) in [5.41, 5.74) is 0.257. The fraction of sp³-hybridized carbons (Fsp3) is 0.167. The molecule has 0 saturated heterocycles. The van der Waals surface area contributed by atoms with Crippen LogP contribution in [-0.2, 0) is 7.05 Å². The van der Waals surface area contributed by atoms with Crippen LogP contribution in [0.1, 0.15) is 18.8 Å². The zero-order chi connectivity index (χ0) is 18.8. The number of nitrogens with zero attached hydrogens (tertiary/aromatic N) is 2. The minimum Gasteiger partial charge on any atom is -0.328 e. The Morgan fingerprint density at radius 1 is 1.27 bits per heavy atom. The number of hydrogen-bond donors (Lipinski definition) is 2. The molecule has 0 bridgehead atoms. The number of fused-ring (bicyclic) bond motifs is 1. The molecule has 0 aliphatic heterocycles. The van der Waals surface area contributed by atoms with E-state index in [2.05, 4.69) is 15.6 Å². The molecule has 134 valence electrons. The molecule has 1 heterocycles. The van der Waals surface area contributed by atoms with Crippen molar-refractivity contribution in [2.24, 2.45) is 7.05 Å². The molecule has 0 spiro atoms. The molecule has 26 heavy (non-hydrogen) atoms. The van der Waals surface area contributed by atoms with Crippen LogP contribution in [0.25, 0.3) is 10.9 Å². The van der Waals surface area contributed by atoms with Crippen molar-refractivity contribution < 1.29 is 9.18 Å². The smallest absolute Gasteiger partial charge is 0.319 e. The Balaban J connectivity index is 1.86. The fourth-order valence-electron chi connectivity index (χ4n) is 2.63. The van der Waals surface area contributed by atoms with Crippen molar-refractivity contribution in [1.82, 2.24) is 14.9 Å². The molecule has 1 atom stereocenters. The van der Waals surface area contributed by atoms with Gasteiger partial charge in [-0.2, -0.15) is 0 Å². The second kappa shape index (κ2) is 7.13. The number of aromatic nitrogens is 2. The van der Waals surface area contributed by atoms with Crippen LogP contribution < -0.4 is 16.2 Å². The van der Waals surface area contributed by atoms with Gasteiger partial charge in [0.15, 0.2) is 0 Å². The number of para-hydroxylation sites is 1. The summed E-state index contributed by atoms with van der Waals surface area (Å²) < 4.78 is 15.0. The van der Waals surface area contributed by atoms with E-state index in [1.165, 1.54) is 22.8 Å². The third-order valence-corrected chi connectivity index (χ3v) is 4.17. The lowest BCUT2D eigenvalue weighted by Crippen LogP contribution is -2.35. The number of hydrogen-bond acceptors (Lipinski definition) is 3. The largest absolute Gasteiger partial charge is 0.328 e. The van der Waals surface area contributed by atoms with Gasteiger partial charge in [0, 0.05) is 12.1 Å². The SMILES string of the molecule is CC(NC(=O)Nc1ccccc1F)c1nc2cc(Cl)ccc2c(=O)n1C. The summed E-state index contributed by atoms with van der Waals surface area (Å²) in [6.45, 7) is 1.68. The van der Waals surface area contributed by atoms with Gasteiger partial charge in [-0.15, -0.1) is 0 Å². The topological polar surface area (TPSA) is 76.0 Å². The highest BCUT2D eigenvalue weighted by Crippen LogP contribution is 2.18. The Morgan fingerprint density at radius 3 is 2.73 bits per heavy atom. The number of benzene rings is 2. The number of anilines is 1. The molecule has 8 heteroatoms. The first-order valence-electron chi connectivity index (χ1n) is 7.85. The van der Waals surface area contributed by atoms with E-state index in [-0.39, 0.29) is 11.2 Å². The van der Waals surface area contributed by atoms with Gasteiger partial charge in [0.1, 0.15) is 11.6 Å². The van der Waals surface area contributed by atoms with Gasteiger partial charge >= 0.3 is 6.03 Å². The summed E-state index contributed by atoms with van der Waals surface area (Å²) >= 11 is 5.97. The minimum absolute atomic E-state index is 0.0596. The highest BCUT2D eigenvalue weighted by atomic mass is 35.5. The second-order valence-electron chi connectivity index (χ2n) is 5.80. The summed E-state index contributed by atoms with van der Waals surface area (Å²) in [7, 11) is 1.58. The van der Waals surface area contributed by atoms with Crippen molar-refractivity contribution in [3.05, 3.63) is 69.5 Å². The van der Waals surface area contributed by atoms with Gasteiger partial charge in [-0.25, -0.2) is 14.2 Å². The monoisotopic (exact) mass is 374 g/mol. The molecule has 1 aromatic heterocycles. The lowest BCUT2D eigenvalue weighted by molar-refractivity contribution is 0.248. The van der Waals surface area contributed by atoms with Gasteiger partial charge in [0.05, 0.1) is 22.6 Å². The van der Waals surface area contributed by atoms with E-state index in [0.717, 1.165) is 0 Å². The zero-order valence-electron chi connectivity index (χ0n) is 14.1. The average Bonchev–Trinajstić information content (AvgIpc) is 2.59. The molecule has 1 unspecified atom stereocenters. The summed E-state index contributed by atoms with van der Waals surface area (Å²) in [6.07, 6.45) is 0. The van der Waals surface area contributed by atoms with Crippen molar-refractivity contribution in [2.75, 3.05) is 5.32 Å². The number of carbonyl (C=O) groups is 1. The maximum absolute atomic E-state index is 13.6. The normalized spacial score (nSPS) is 12.0. The van der Waals surface area contributed by atoms with E-state index in [0.29, 0.717) is 21.7 Å². The molecule has 2 aromatic carbocycles. The Hall–Kier alpha value is -2.93. The Kier molecular flexibility index (Phi) is 4.90. The van der Waals surface area contributed by atoms with E-state index in [9.17, 15) is 14.0 Å². The fourth-order valence-corrected chi connectivity index (χ4v) is 2.80. The summed E-state index contributed by atoms with van der Waals surface area (Å²) in [5, 5.41) is 5.97. The van der Waals surface area contributed by atoms with E-state index < -0.39 is 17.9 Å². The van der Waals surface area contributed by atoms with Crippen molar-refractivity contribution >= 4 is 34.2 Å². The Bertz CT molecular complexity index is 1050. The first-order valence-corrected chi connectivity index (χ1v) is 8.23. The van der Waals surface area contributed by atoms with Gasteiger partial charge in [0.25, 0.3) is 5.56 Å². The van der Waals surface area contributed by atoms with E-state index in [1.54, 1.807) is 38.2 Å². The van der Waals surface area contributed by atoms with Crippen LogP contribution in [0.4, 0.5) is 14.9 Å². The zero-order valence-corrected chi connectivity index (χ0v) is 14.8. The molecule has 0 aliphatic rings. The number of amides is 2. The van der Waals surface area contributed by atoms with Crippen LogP contribution >= 0.6 is 11.6 Å². The van der Waals surface area contributed by atoms with Gasteiger partial charge < -0.3 is 10.6 Å². The van der Waals surface area contributed by atoms with E-state index >= 15 is 0 Å². The van der Waals surface area contributed by atoms with Gasteiger partial charge in [-0.05, 0) is 37.3 Å². The molecule has 0 aliphatic carbocycles. The summed E-state index contributed by atoms with van der Waals surface area (Å²) in [4.78, 5) is 29.1. The van der Waals surface area contributed by atoms with Crippen LogP contribution in [0.5, 0.6) is 0 Å². The number of rotatable bonds is 3. The van der Waals surface area contributed by atoms with E-state index in [4.69, 9.17) is 11.6 Å². The molecule has 2 N–H and O–H groups in total. The summed E-state index contributed by atoms with van der Waals surface area (Å²) in [6, 6.07) is 9.46. The van der Waals surface area contributed by atoms with Gasteiger partial charge in [-0.1, -0.05) is 23.7 Å². The number of carbonyl (C=O) groups excluding carboxylic acids is 1. The number of urea groups is 1. The number of halogens is 2. The lowest BCUT2D eigenvalue weighted by Gasteiger charge is -2.17. The Labute approximate surface area is 153 Å². The van der Waals surface area contributed by atoms with Crippen LogP contribution in [-0.4, -0.2) is 15.6 Å². The molecule has 2 amide bonds. The Morgan fingerprint density at radius 2 is 2.00 bits per heavy atom. The molecule has 3 aromatic rings. The van der Waals surface area contributed by atoms with Crippen LogP contribution in [0.2, 0.25) is 5.02 Å². The van der Waals surface area contributed by atoms with E-state index in [1.807, 2.05) is 0 Å². The third-order valence-electron chi connectivity index (χ3n) is 3.93. The first kappa shape index (κ1) is 17.9. The highest BCUT2D eigenvalue weighted by molar-refractivity contribution is 6.31. The third kappa shape index (κ3) is 3.52. The van der Waals surface area contributed by atoms with Gasteiger partial charge in [0.2, 0.25) is 0 Å². The molecule has 0 saturated carbocycles. The van der Waals surface area contributed by atoms with Crippen molar-refractivity contribution in [3.8, 4) is 0 Å². The van der Waals surface area contributed by atoms with Crippen LogP contribution in [0.15, 0.2) is 47.3 Å². The predicted molar refractivity (Wildman–Crippen MR) is 99.0 cm³/mol. The maximum atomic E-state index is 13.6. The minimum atomic E-state index is -0.608. The van der Waals surface area contributed by atoms with Crippen molar-refractivity contribution in [2.45, 2.75) is 13.0 Å². The molecule has 0 radical (unpaired) electrons. The molecular weight excluding hydrogens is 359 g/mol. The summed E-state index contributed by atoms with van der Waals surface area (Å²) in [5.74, 6) is -0.186. The molecule has 0 fully saturated rings. The van der Waals surface area contributed by atoms with Crippen molar-refractivity contribution in [3.63, 3.8) is 0 Å². The number of nitrogens with one attached hydrogen (secondary N) is 2. The quantitative estimate of drug-likeness (QED) is 0.735. The maximum Gasteiger partial charge on any atom is 0.319 e. The molecular formula is C18H16ClFN4O2. The second-order valence-corrected chi connectivity index (χ2v) is 6.23.